The van der Waals surface area contributed by atoms with Crippen LogP contribution in [0.5, 0.6) is 0 Å². The van der Waals surface area contributed by atoms with E-state index in [1.54, 1.807) is 0 Å². The van der Waals surface area contributed by atoms with Crippen LogP contribution in [0.15, 0.2) is 18.3 Å². The van der Waals surface area contributed by atoms with Crippen molar-refractivity contribution >= 4 is 0 Å². The third-order valence-electron chi connectivity index (χ3n) is 6.62. The van der Waals surface area contributed by atoms with Gasteiger partial charge in [0.05, 0.1) is 5.69 Å². The summed E-state index contributed by atoms with van der Waals surface area (Å²) >= 11 is 0. The third-order valence-corrected chi connectivity index (χ3v) is 6.62. The van der Waals surface area contributed by atoms with Crippen LogP contribution in [0.3, 0.4) is 0 Å². The molecule has 126 valence electrons. The van der Waals surface area contributed by atoms with Crippen LogP contribution in [-0.4, -0.2) is 34.6 Å². The summed E-state index contributed by atoms with van der Waals surface area (Å²) in [4.78, 5) is 7.21. The molecule has 1 aromatic rings. The van der Waals surface area contributed by atoms with Crippen LogP contribution < -0.4 is 0 Å². The molecule has 3 atom stereocenters. The van der Waals surface area contributed by atoms with Gasteiger partial charge in [-0.05, 0) is 56.1 Å². The second-order valence-corrected chi connectivity index (χ2v) is 8.27. The molecule has 0 amide bonds. The van der Waals surface area contributed by atoms with Gasteiger partial charge in [-0.1, -0.05) is 25.3 Å². The monoisotopic (exact) mass is 314 g/mol. The van der Waals surface area contributed by atoms with Gasteiger partial charge in [0.2, 0.25) is 0 Å². The van der Waals surface area contributed by atoms with Crippen LogP contribution in [0.1, 0.15) is 56.2 Å². The molecule has 1 aliphatic heterocycles. The fourth-order valence-corrected chi connectivity index (χ4v) is 5.31. The van der Waals surface area contributed by atoms with E-state index in [9.17, 15) is 5.11 Å². The number of aromatic nitrogens is 1. The summed E-state index contributed by atoms with van der Waals surface area (Å²) in [6, 6.07) is 4.13. The Hall–Kier alpha value is -0.930. The molecule has 2 saturated carbocycles. The number of fused-ring (bicyclic) bond motifs is 1. The highest BCUT2D eigenvalue weighted by Gasteiger charge is 2.53. The lowest BCUT2D eigenvalue weighted by Gasteiger charge is -2.31. The van der Waals surface area contributed by atoms with Gasteiger partial charge in [-0.2, -0.15) is 0 Å². The Bertz CT molecular complexity index is 537. The van der Waals surface area contributed by atoms with Crippen molar-refractivity contribution in [3.63, 3.8) is 0 Å². The van der Waals surface area contributed by atoms with Gasteiger partial charge in [0.15, 0.2) is 0 Å². The standard InChI is InChI=1S/C20H30N2O/c1-15-7-8-19(21-11-15)20(23)10-9-17-13-22(14-18(17)20)12-16-5-3-2-4-6-16/h7-8,11,16-18,23H,2-6,9-10,12-14H2,1H3/t17-,18+,20-/m0/s1. The first-order valence-corrected chi connectivity index (χ1v) is 9.53. The minimum Gasteiger partial charge on any atom is -0.383 e. The van der Waals surface area contributed by atoms with Gasteiger partial charge in [-0.3, -0.25) is 4.98 Å². The smallest absolute Gasteiger partial charge is 0.111 e. The lowest BCUT2D eigenvalue weighted by atomic mass is 9.85. The van der Waals surface area contributed by atoms with E-state index in [4.69, 9.17) is 0 Å². The van der Waals surface area contributed by atoms with Gasteiger partial charge in [-0.25, -0.2) is 0 Å². The van der Waals surface area contributed by atoms with Gasteiger partial charge >= 0.3 is 0 Å². The summed E-state index contributed by atoms with van der Waals surface area (Å²) in [5, 5.41) is 11.4. The van der Waals surface area contributed by atoms with Crippen LogP contribution >= 0.6 is 0 Å². The van der Waals surface area contributed by atoms with Crippen molar-refractivity contribution in [3.8, 4) is 0 Å². The van der Waals surface area contributed by atoms with E-state index in [0.717, 1.165) is 36.6 Å². The number of nitrogens with zero attached hydrogens (tertiary/aromatic N) is 2. The molecule has 0 unspecified atom stereocenters. The van der Waals surface area contributed by atoms with Crippen molar-refractivity contribution < 1.29 is 5.11 Å². The number of rotatable bonds is 3. The van der Waals surface area contributed by atoms with Crippen LogP contribution in [0.2, 0.25) is 0 Å². The maximum atomic E-state index is 11.4. The molecule has 1 aromatic heterocycles. The third kappa shape index (κ3) is 2.94. The molecule has 0 spiro atoms. The molecule has 0 bridgehead atoms. The number of likely N-dealkylation sites (tertiary alicyclic amines) is 1. The number of pyridine rings is 1. The lowest BCUT2D eigenvalue weighted by Crippen LogP contribution is -2.36. The Morgan fingerprint density at radius 3 is 2.74 bits per heavy atom. The normalized spacial score (nSPS) is 35.6. The first kappa shape index (κ1) is 15.6. The molecule has 0 aromatic carbocycles. The fraction of sp³-hybridized carbons (Fsp3) is 0.750. The van der Waals surface area contributed by atoms with E-state index >= 15 is 0 Å². The van der Waals surface area contributed by atoms with Crippen molar-refractivity contribution in [3.05, 3.63) is 29.6 Å². The largest absolute Gasteiger partial charge is 0.383 e. The summed E-state index contributed by atoms with van der Waals surface area (Å²) in [6.45, 7) is 5.56. The van der Waals surface area contributed by atoms with Crippen molar-refractivity contribution in [2.24, 2.45) is 17.8 Å². The first-order chi connectivity index (χ1) is 11.1. The zero-order valence-corrected chi connectivity index (χ0v) is 14.4. The topological polar surface area (TPSA) is 36.4 Å². The zero-order valence-electron chi connectivity index (χ0n) is 14.4. The summed E-state index contributed by atoms with van der Waals surface area (Å²) in [5.74, 6) is 1.93. The SMILES string of the molecule is Cc1ccc([C@]2(O)CC[C@H]3CN(CC4CCCCC4)C[C@H]32)nc1. The van der Waals surface area contributed by atoms with Crippen molar-refractivity contribution in [2.45, 2.75) is 57.5 Å². The number of hydrogen-bond donors (Lipinski definition) is 1. The maximum absolute atomic E-state index is 11.4. The van der Waals surface area contributed by atoms with E-state index in [1.807, 2.05) is 12.3 Å². The van der Waals surface area contributed by atoms with E-state index < -0.39 is 5.60 Å². The molecular weight excluding hydrogens is 284 g/mol. The first-order valence-electron chi connectivity index (χ1n) is 9.53. The molecule has 4 rings (SSSR count). The molecule has 23 heavy (non-hydrogen) atoms. The van der Waals surface area contributed by atoms with Crippen LogP contribution in [0.4, 0.5) is 0 Å². The van der Waals surface area contributed by atoms with E-state index in [1.165, 1.54) is 45.2 Å². The lowest BCUT2D eigenvalue weighted by molar-refractivity contribution is -0.0112. The van der Waals surface area contributed by atoms with Crippen LogP contribution in [0.25, 0.3) is 0 Å². The van der Waals surface area contributed by atoms with E-state index in [0.29, 0.717) is 11.8 Å². The van der Waals surface area contributed by atoms with Crippen molar-refractivity contribution in [1.29, 1.82) is 0 Å². The number of hydrogen-bond acceptors (Lipinski definition) is 3. The molecule has 3 aliphatic rings. The molecular formula is C20H30N2O. The second-order valence-electron chi connectivity index (χ2n) is 8.27. The molecule has 1 saturated heterocycles. The molecule has 0 radical (unpaired) electrons. The maximum Gasteiger partial charge on any atom is 0.111 e. The quantitative estimate of drug-likeness (QED) is 0.927. The Kier molecular flexibility index (Phi) is 4.19. The Balaban J connectivity index is 1.45. The summed E-state index contributed by atoms with van der Waals surface area (Å²) in [7, 11) is 0. The predicted molar refractivity (Wildman–Crippen MR) is 92.1 cm³/mol. The van der Waals surface area contributed by atoms with Crippen LogP contribution in [0, 0.1) is 24.7 Å². The van der Waals surface area contributed by atoms with Gasteiger partial charge in [0, 0.05) is 31.7 Å². The average molecular weight is 314 g/mol. The molecule has 3 fully saturated rings. The highest BCUT2D eigenvalue weighted by molar-refractivity contribution is 5.22. The van der Waals surface area contributed by atoms with Crippen molar-refractivity contribution in [2.75, 3.05) is 19.6 Å². The summed E-state index contributed by atoms with van der Waals surface area (Å²) < 4.78 is 0. The summed E-state index contributed by atoms with van der Waals surface area (Å²) in [6.07, 6.45) is 11.0. The fourth-order valence-electron chi connectivity index (χ4n) is 5.31. The minimum atomic E-state index is -0.695. The Morgan fingerprint density at radius 2 is 2.00 bits per heavy atom. The molecule has 2 heterocycles. The summed E-state index contributed by atoms with van der Waals surface area (Å²) in [5.41, 5.74) is 1.37. The Labute approximate surface area is 140 Å². The highest BCUT2D eigenvalue weighted by Crippen LogP contribution is 2.50. The molecule has 1 N–H and O–H groups in total. The molecule has 3 heteroatoms. The Morgan fingerprint density at radius 1 is 1.17 bits per heavy atom. The van der Waals surface area contributed by atoms with Crippen molar-refractivity contribution in [1.82, 2.24) is 9.88 Å². The van der Waals surface area contributed by atoms with E-state index in [-0.39, 0.29) is 0 Å². The molecule has 3 nitrogen and oxygen atoms in total. The second kappa shape index (κ2) is 6.18. The van der Waals surface area contributed by atoms with Gasteiger partial charge in [-0.15, -0.1) is 0 Å². The molecule has 2 aliphatic carbocycles. The number of aliphatic hydroxyl groups is 1. The highest BCUT2D eigenvalue weighted by atomic mass is 16.3. The van der Waals surface area contributed by atoms with Gasteiger partial charge in [0.1, 0.15) is 5.60 Å². The average Bonchev–Trinajstić information content (AvgIpc) is 3.10. The number of aryl methyl sites for hydroxylation is 1. The van der Waals surface area contributed by atoms with Gasteiger partial charge < -0.3 is 10.0 Å². The van der Waals surface area contributed by atoms with Crippen LogP contribution in [-0.2, 0) is 5.60 Å². The zero-order chi connectivity index (χ0) is 15.9. The minimum absolute atomic E-state index is 0.376. The predicted octanol–water partition coefficient (Wildman–Crippen LogP) is 3.50. The van der Waals surface area contributed by atoms with Gasteiger partial charge in [0.25, 0.3) is 0 Å². The van der Waals surface area contributed by atoms with E-state index in [2.05, 4.69) is 22.9 Å².